The van der Waals surface area contributed by atoms with Crippen molar-refractivity contribution in [2.24, 2.45) is 17.6 Å². The Morgan fingerprint density at radius 2 is 0.908 bits per heavy atom. The molecule has 1 fully saturated rings. The van der Waals surface area contributed by atoms with Crippen LogP contribution in [0.5, 0.6) is 11.5 Å². The van der Waals surface area contributed by atoms with E-state index in [1.807, 2.05) is 6.92 Å². The fraction of sp³-hybridized carbons (Fsp3) is 0.426. The van der Waals surface area contributed by atoms with Crippen molar-refractivity contribution in [3.8, 4) is 11.5 Å². The van der Waals surface area contributed by atoms with E-state index in [9.17, 15) is 53.7 Å². The van der Waals surface area contributed by atoms with Gasteiger partial charge in [-0.15, -0.1) is 11.8 Å². The van der Waals surface area contributed by atoms with E-state index in [1.54, 1.807) is 149 Å². The van der Waals surface area contributed by atoms with E-state index in [0.29, 0.717) is 57.1 Å². The number of para-hydroxylation sites is 1. The molecule has 0 aliphatic carbocycles. The van der Waals surface area contributed by atoms with Gasteiger partial charge >= 0.3 is 5.97 Å². The van der Waals surface area contributed by atoms with Gasteiger partial charge in [0.15, 0.2) is 0 Å². The van der Waals surface area contributed by atoms with E-state index in [2.05, 4.69) is 52.8 Å². The van der Waals surface area contributed by atoms with Crippen molar-refractivity contribution in [3.63, 3.8) is 0 Å². The van der Waals surface area contributed by atoms with Crippen LogP contribution in [-0.4, -0.2) is 272 Å². The number of carboxylic acid groups (broad SMARTS) is 1. The van der Waals surface area contributed by atoms with Crippen molar-refractivity contribution in [2.75, 3.05) is 66.4 Å². The number of phenols is 2. The first-order valence-electron chi connectivity index (χ1n) is 43.2. The molecule has 1 saturated heterocycles. The summed E-state index contributed by atoms with van der Waals surface area (Å²) in [7, 11) is 6.56. The van der Waals surface area contributed by atoms with Crippen molar-refractivity contribution >= 4 is 117 Å². The number of carbonyl (C=O) groups excluding carboxylic acids is 15. The van der Waals surface area contributed by atoms with Gasteiger partial charge in [0.05, 0.1) is 31.8 Å². The molecule has 0 unspecified atom stereocenters. The highest BCUT2D eigenvalue weighted by Gasteiger charge is 2.43. The normalized spacial score (nSPS) is 22.0. The van der Waals surface area contributed by atoms with Crippen LogP contribution in [0.1, 0.15) is 107 Å². The number of rotatable bonds is 24. The Balaban J connectivity index is 1.22. The van der Waals surface area contributed by atoms with Crippen molar-refractivity contribution in [3.05, 3.63) is 203 Å². The Hall–Kier alpha value is -13.7. The molecular formula is C94H120N16O19S. The van der Waals surface area contributed by atoms with Crippen LogP contribution in [0.15, 0.2) is 170 Å². The second kappa shape index (κ2) is 49.6. The number of aromatic amines is 1. The smallest absolute Gasteiger partial charge is 0.305 e. The topological polar surface area (TPSA) is 500 Å². The van der Waals surface area contributed by atoms with Crippen molar-refractivity contribution < 1.29 is 92.0 Å². The summed E-state index contributed by atoms with van der Waals surface area (Å²) in [6.45, 7) is 6.38. The lowest BCUT2D eigenvalue weighted by Gasteiger charge is -2.37. The minimum atomic E-state index is -1.91. The Morgan fingerprint density at radius 3 is 1.45 bits per heavy atom. The number of phenolic OH excluding ortho intramolecular Hbond substituents is 2. The molecule has 15 amide bonds. The molecule has 35 nitrogen and oxygen atoms in total. The van der Waals surface area contributed by atoms with Crippen LogP contribution in [0.4, 0.5) is 0 Å². The van der Waals surface area contributed by atoms with Gasteiger partial charge in [0.1, 0.15) is 78.0 Å². The van der Waals surface area contributed by atoms with Crippen LogP contribution in [0.2, 0.25) is 0 Å². The van der Waals surface area contributed by atoms with Gasteiger partial charge in [0, 0.05) is 96.6 Å². The number of H-pyrrole nitrogens is 1. The van der Waals surface area contributed by atoms with Crippen LogP contribution < -0.4 is 53.6 Å². The van der Waals surface area contributed by atoms with Gasteiger partial charge in [-0.2, -0.15) is 0 Å². The molecule has 0 spiro atoms. The molecule has 6 aromatic carbocycles. The van der Waals surface area contributed by atoms with Crippen LogP contribution in [0.3, 0.4) is 0 Å². The third-order valence-corrected chi connectivity index (χ3v) is 23.6. The van der Waals surface area contributed by atoms with Gasteiger partial charge in [0.25, 0.3) is 0 Å². The van der Waals surface area contributed by atoms with Crippen molar-refractivity contribution in [2.45, 2.75) is 178 Å². The Kier molecular flexibility index (Phi) is 38.8. The summed E-state index contributed by atoms with van der Waals surface area (Å²) < 4.78 is 0. The summed E-state index contributed by atoms with van der Waals surface area (Å²) in [6.07, 6.45) is 0.306. The van der Waals surface area contributed by atoms with E-state index in [-0.39, 0.29) is 81.0 Å². The maximum absolute atomic E-state index is 15.5. The number of aromatic nitrogens is 1. The van der Waals surface area contributed by atoms with Crippen molar-refractivity contribution in [1.82, 2.24) is 77.3 Å². The van der Waals surface area contributed by atoms with Gasteiger partial charge in [0.2, 0.25) is 88.6 Å². The molecule has 0 bridgehead atoms. The fourth-order valence-corrected chi connectivity index (χ4v) is 16.0. The lowest BCUT2D eigenvalue weighted by Crippen LogP contribution is -2.61. The van der Waals surface area contributed by atoms with Crippen LogP contribution in [0.25, 0.3) is 10.9 Å². The summed E-state index contributed by atoms with van der Waals surface area (Å²) in [5.74, 6) is -17.3. The second-order valence-electron chi connectivity index (χ2n) is 33.2. The zero-order valence-corrected chi connectivity index (χ0v) is 75.6. The second-order valence-corrected chi connectivity index (χ2v) is 34.2. The quantitative estimate of drug-likeness (QED) is 0.0413. The number of primary amides is 1. The number of nitrogens with two attached hydrogens (primary N) is 1. The number of aliphatic carboxylic acids is 1. The van der Waals surface area contributed by atoms with Crippen LogP contribution >= 0.6 is 11.8 Å². The monoisotopic (exact) mass is 1810 g/mol. The Labute approximate surface area is 759 Å². The summed E-state index contributed by atoms with van der Waals surface area (Å²) in [6, 6.07) is 27.3. The Bertz CT molecular complexity index is 5090. The summed E-state index contributed by atoms with van der Waals surface area (Å²) >= 11 is 0.830. The number of fused-ring (bicyclic) bond motifs is 1. The predicted octanol–water partition coefficient (Wildman–Crippen LogP) is 2.72. The lowest BCUT2D eigenvalue weighted by molar-refractivity contribution is -0.151. The third kappa shape index (κ3) is 30.5. The van der Waals surface area contributed by atoms with Crippen molar-refractivity contribution in [1.29, 1.82) is 0 Å². The molecule has 1 aliphatic heterocycles. The first-order chi connectivity index (χ1) is 61.9. The molecule has 8 rings (SSSR count). The Morgan fingerprint density at radius 1 is 0.462 bits per heavy atom. The summed E-state index contributed by atoms with van der Waals surface area (Å²) in [5, 5.41) is 55.8. The number of hydrogen-bond acceptors (Lipinski definition) is 19. The number of carboxylic acids is 1. The van der Waals surface area contributed by atoms with Gasteiger partial charge < -0.3 is 98.4 Å². The number of thioether (sulfide) groups is 1. The number of unbranched alkanes of at least 4 members (excludes halogenated alkanes) is 1. The molecule has 7 aromatic rings. The lowest BCUT2D eigenvalue weighted by atomic mass is 9.95. The molecule has 1 aliphatic rings. The number of hydrogen-bond donors (Lipinski definition) is 14. The van der Waals surface area contributed by atoms with Gasteiger partial charge in [-0.25, -0.2) is 0 Å². The number of carbonyl (C=O) groups is 16. The molecule has 12 atom stereocenters. The maximum atomic E-state index is 15.5. The molecule has 0 radical (unpaired) electrons. The third-order valence-electron chi connectivity index (χ3n) is 22.6. The highest BCUT2D eigenvalue weighted by molar-refractivity contribution is 8.00. The first kappa shape index (κ1) is 102. The number of amides is 15. The molecule has 2 heterocycles. The number of benzene rings is 6. The minimum Gasteiger partial charge on any atom is -0.508 e. The predicted molar refractivity (Wildman–Crippen MR) is 487 cm³/mol. The van der Waals surface area contributed by atoms with E-state index in [0.717, 1.165) is 26.5 Å². The zero-order valence-electron chi connectivity index (χ0n) is 74.8. The molecule has 0 saturated carbocycles. The zero-order chi connectivity index (χ0) is 95.0. The standard InChI is InChI=1S/C94H120N16O19S/c1-11-13-33-75-92(127)107(7)53-80(115)99-71(49-82(117)118)88(123)105-83(57(5)12-2)94(129)109(9)76(46-59-27-19-15-20-28-59)89(124)103-72(45-62-36-40-65(112)41-37-62)90(125)106(6)52-79(114)98-70(48-63-50-96-67-32-24-23-31-66(63)67)87(122)102-69(43-61-34-38-64(111)39-35-61)86(121)101-68(42-56(3)4)85(120)104-74(84(119)97-51-78(95)113)54-130-55-81(116)100-73(44-58-25-17-14-18-26-58)91(126)110(10)77(93(128)108(75)8)47-60-29-21-16-22-30-60/h14-32,34-41,50,56-57,68-77,83,96,111-112H,11-13,33,42-49,51-55H2,1-10H3,(H2,95,113)(H,97,119)(H,98,114)(H,99,115)(H,100,116)(H,101,121)(H,102,122)(H,103,124)(H,104,120)(H,105,123)(H,117,118)/t57-,68-,69-,70-,71-,72-,73-,74-,75-,76-,77-,83-/m0/s1. The SMILES string of the molecule is CCCC[C@H]1C(=O)N(C)CC(=O)N[C@@H](CC(=O)O)C(=O)N[C@@H]([C@@H](C)CC)C(=O)N(C)[C@@H](Cc2ccccc2)C(=O)N[C@@H](Cc2ccc(O)cc2)C(=O)N(C)CC(=O)N[C@@H](Cc2c[nH]c3ccccc23)C(=O)N[C@@H](Cc2ccc(O)cc2)C(=O)N[C@@H](CC(C)C)C(=O)N[C@H](C(=O)NCC(N)=O)CSCC(=O)N[C@@H](Cc2ccccc2)C(=O)N(C)[C@@H](Cc2ccccc2)C(=O)N1C. The molecule has 696 valence electrons. The van der Waals surface area contributed by atoms with Gasteiger partial charge in [-0.05, 0) is 88.4 Å². The van der Waals surface area contributed by atoms with Crippen LogP contribution in [-0.2, 0) is 115 Å². The molecule has 130 heavy (non-hydrogen) atoms. The van der Waals surface area contributed by atoms with E-state index in [1.165, 1.54) is 93.6 Å². The molecule has 1 aromatic heterocycles. The summed E-state index contributed by atoms with van der Waals surface area (Å²) in [5.41, 5.74) is 9.12. The van der Waals surface area contributed by atoms with Gasteiger partial charge in [-0.3, -0.25) is 76.7 Å². The highest BCUT2D eigenvalue weighted by Crippen LogP contribution is 2.25. The van der Waals surface area contributed by atoms with Crippen LogP contribution in [0, 0.1) is 11.8 Å². The van der Waals surface area contributed by atoms with E-state index in [4.69, 9.17) is 5.73 Å². The maximum Gasteiger partial charge on any atom is 0.305 e. The van der Waals surface area contributed by atoms with E-state index < -0.39 is 199 Å². The minimum absolute atomic E-state index is 0.0303. The summed E-state index contributed by atoms with van der Waals surface area (Å²) in [4.78, 5) is 244. The highest BCUT2D eigenvalue weighted by atomic mass is 32.2. The number of aromatic hydroxyl groups is 2. The van der Waals surface area contributed by atoms with E-state index >= 15 is 38.4 Å². The largest absolute Gasteiger partial charge is 0.508 e. The number of likely N-dealkylation sites (N-methyl/N-ethyl adjacent to an activating group) is 5. The molecule has 15 N–H and O–H groups in total. The number of nitrogens with one attached hydrogen (secondary N) is 10. The molecule has 36 heteroatoms. The van der Waals surface area contributed by atoms with Gasteiger partial charge in [-0.1, -0.05) is 187 Å². The molecular weight excluding hydrogens is 1690 g/mol. The average Bonchev–Trinajstić information content (AvgIpc) is 1.02. The average molecular weight is 1810 g/mol. The first-order valence-corrected chi connectivity index (χ1v) is 44.4. The number of nitrogens with zero attached hydrogens (tertiary/aromatic N) is 5. The fourth-order valence-electron chi connectivity index (χ4n) is 15.1.